The molecule has 0 aliphatic carbocycles. The van der Waals surface area contributed by atoms with Gasteiger partial charge in [-0.1, -0.05) is 12.1 Å². The highest BCUT2D eigenvalue weighted by molar-refractivity contribution is 7.99. The summed E-state index contributed by atoms with van der Waals surface area (Å²) in [7, 11) is 1.79. The highest BCUT2D eigenvalue weighted by atomic mass is 32.2. The molecule has 0 heterocycles. The molecule has 0 amide bonds. The van der Waals surface area contributed by atoms with Crippen LogP contribution in [0.2, 0.25) is 0 Å². The zero-order chi connectivity index (χ0) is 11.3. The lowest BCUT2D eigenvalue weighted by Crippen LogP contribution is -2.45. The molecule has 0 bridgehead atoms. The van der Waals surface area contributed by atoms with Crippen LogP contribution < -0.4 is 5.32 Å². The van der Waals surface area contributed by atoms with Crippen LogP contribution in [-0.4, -0.2) is 30.1 Å². The Balaban J connectivity index is 2.61. The van der Waals surface area contributed by atoms with Gasteiger partial charge in [0.25, 0.3) is 0 Å². The zero-order valence-corrected chi connectivity index (χ0v) is 9.77. The van der Waals surface area contributed by atoms with Crippen LogP contribution in [0.1, 0.15) is 6.92 Å². The number of nitrogens with one attached hydrogen (secondary N) is 1. The molecule has 15 heavy (non-hydrogen) atoms. The van der Waals surface area contributed by atoms with Crippen LogP contribution in [0.5, 0.6) is 0 Å². The minimum Gasteiger partial charge on any atom is -0.394 e. The first-order valence-electron chi connectivity index (χ1n) is 4.78. The lowest BCUT2D eigenvalue weighted by atomic mass is 10.1. The number of rotatable bonds is 5. The van der Waals surface area contributed by atoms with Crippen LogP contribution in [0.4, 0.5) is 4.39 Å². The number of benzene rings is 1. The Bertz CT molecular complexity index is 315. The molecule has 1 atom stereocenters. The minimum absolute atomic E-state index is 0.0327. The first-order chi connectivity index (χ1) is 7.11. The molecule has 1 rings (SSSR count). The van der Waals surface area contributed by atoms with Gasteiger partial charge in [0, 0.05) is 16.2 Å². The summed E-state index contributed by atoms with van der Waals surface area (Å²) in [4.78, 5) is 0.618. The molecule has 1 aromatic carbocycles. The largest absolute Gasteiger partial charge is 0.394 e. The van der Waals surface area contributed by atoms with Gasteiger partial charge in [-0.3, -0.25) is 0 Å². The van der Waals surface area contributed by atoms with E-state index < -0.39 is 0 Å². The molecule has 1 unspecified atom stereocenters. The summed E-state index contributed by atoms with van der Waals surface area (Å²) >= 11 is 1.41. The smallest absolute Gasteiger partial charge is 0.136 e. The Morgan fingerprint density at radius 1 is 1.47 bits per heavy atom. The topological polar surface area (TPSA) is 32.3 Å². The highest BCUT2D eigenvalue weighted by Gasteiger charge is 2.21. The molecule has 0 saturated heterocycles. The molecule has 0 aromatic heterocycles. The second-order valence-corrected chi connectivity index (χ2v) is 4.71. The first-order valence-corrected chi connectivity index (χ1v) is 5.77. The van der Waals surface area contributed by atoms with Gasteiger partial charge in [-0.2, -0.15) is 0 Å². The summed E-state index contributed by atoms with van der Waals surface area (Å²) in [5, 5.41) is 12.2. The standard InChI is InChI=1S/C11H16FNOS/c1-11(7-14,13-2)8-15-10-6-4-3-5-9(10)12/h3-6,13-14H,7-8H2,1-2H3. The zero-order valence-electron chi connectivity index (χ0n) is 8.96. The van der Waals surface area contributed by atoms with E-state index in [0.29, 0.717) is 10.6 Å². The van der Waals surface area contributed by atoms with Crippen LogP contribution in [0, 0.1) is 5.82 Å². The maximum absolute atomic E-state index is 13.3. The first kappa shape index (κ1) is 12.5. The van der Waals surface area contributed by atoms with Crippen molar-refractivity contribution in [1.29, 1.82) is 0 Å². The molecule has 0 spiro atoms. The summed E-state index contributed by atoms with van der Waals surface area (Å²) in [5.74, 6) is 0.417. The van der Waals surface area contributed by atoms with E-state index in [1.165, 1.54) is 17.8 Å². The minimum atomic E-state index is -0.368. The maximum atomic E-state index is 13.3. The summed E-state index contributed by atoms with van der Waals surface area (Å²) in [6, 6.07) is 6.66. The van der Waals surface area contributed by atoms with E-state index in [9.17, 15) is 4.39 Å². The summed E-state index contributed by atoms with van der Waals surface area (Å²) in [6.07, 6.45) is 0. The monoisotopic (exact) mass is 229 g/mol. The van der Waals surface area contributed by atoms with Gasteiger partial charge in [0.1, 0.15) is 5.82 Å². The summed E-state index contributed by atoms with van der Waals surface area (Å²) < 4.78 is 13.3. The van der Waals surface area contributed by atoms with Crippen molar-refractivity contribution in [3.05, 3.63) is 30.1 Å². The van der Waals surface area contributed by atoms with Gasteiger partial charge in [0.05, 0.1) is 6.61 Å². The van der Waals surface area contributed by atoms with Crippen molar-refractivity contribution in [3.8, 4) is 0 Å². The Hall–Kier alpha value is -0.580. The molecule has 0 aliphatic rings. The molecule has 2 nitrogen and oxygen atoms in total. The SMILES string of the molecule is CNC(C)(CO)CSc1ccccc1F. The number of thioether (sulfide) groups is 1. The molecule has 1 aromatic rings. The predicted molar refractivity (Wildman–Crippen MR) is 61.7 cm³/mol. The molecule has 84 valence electrons. The van der Waals surface area contributed by atoms with Gasteiger partial charge in [0.15, 0.2) is 0 Å². The molecular formula is C11H16FNOS. The number of aliphatic hydroxyl groups excluding tert-OH is 1. The van der Waals surface area contributed by atoms with E-state index in [-0.39, 0.29) is 18.0 Å². The Morgan fingerprint density at radius 3 is 2.67 bits per heavy atom. The highest BCUT2D eigenvalue weighted by Crippen LogP contribution is 2.24. The van der Waals surface area contributed by atoms with Crippen LogP contribution in [0.3, 0.4) is 0 Å². The fourth-order valence-corrected chi connectivity index (χ4v) is 2.09. The molecule has 0 radical (unpaired) electrons. The number of aliphatic hydroxyl groups is 1. The quantitative estimate of drug-likeness (QED) is 0.756. The van der Waals surface area contributed by atoms with Crippen LogP contribution in [0.15, 0.2) is 29.2 Å². The summed E-state index contributed by atoms with van der Waals surface area (Å²) in [6.45, 7) is 1.94. The van der Waals surface area contributed by atoms with Gasteiger partial charge in [-0.05, 0) is 26.1 Å². The molecule has 0 saturated carbocycles. The molecule has 4 heteroatoms. The van der Waals surface area contributed by atoms with E-state index in [2.05, 4.69) is 5.32 Å². The second-order valence-electron chi connectivity index (χ2n) is 3.69. The summed E-state index contributed by atoms with van der Waals surface area (Å²) in [5.41, 5.74) is -0.368. The van der Waals surface area contributed by atoms with Crippen LogP contribution in [-0.2, 0) is 0 Å². The Kier molecular flexibility index (Phi) is 4.57. The van der Waals surface area contributed by atoms with Crippen molar-refractivity contribution < 1.29 is 9.50 Å². The van der Waals surface area contributed by atoms with Crippen molar-refractivity contribution >= 4 is 11.8 Å². The Morgan fingerprint density at radius 2 is 2.13 bits per heavy atom. The third-order valence-electron chi connectivity index (χ3n) is 2.34. The lowest BCUT2D eigenvalue weighted by molar-refractivity contribution is 0.200. The molecular weight excluding hydrogens is 213 g/mol. The number of likely N-dealkylation sites (N-methyl/N-ethyl adjacent to an activating group) is 1. The fourth-order valence-electron chi connectivity index (χ4n) is 0.996. The van der Waals surface area contributed by atoms with Gasteiger partial charge in [-0.15, -0.1) is 11.8 Å². The third-order valence-corrected chi connectivity index (χ3v) is 3.76. The van der Waals surface area contributed by atoms with Crippen molar-refractivity contribution in [3.63, 3.8) is 0 Å². The van der Waals surface area contributed by atoms with Crippen molar-refractivity contribution in [2.45, 2.75) is 17.4 Å². The van der Waals surface area contributed by atoms with Crippen molar-refractivity contribution in [2.75, 3.05) is 19.4 Å². The van der Waals surface area contributed by atoms with Crippen LogP contribution >= 0.6 is 11.8 Å². The van der Waals surface area contributed by atoms with Gasteiger partial charge in [0.2, 0.25) is 0 Å². The average Bonchev–Trinajstić information content (AvgIpc) is 2.28. The van der Waals surface area contributed by atoms with Gasteiger partial charge < -0.3 is 10.4 Å². The average molecular weight is 229 g/mol. The third kappa shape index (κ3) is 3.48. The van der Waals surface area contributed by atoms with E-state index in [1.54, 1.807) is 25.2 Å². The molecule has 0 fully saturated rings. The number of halogens is 1. The molecule has 2 N–H and O–H groups in total. The second kappa shape index (κ2) is 5.49. The lowest BCUT2D eigenvalue weighted by Gasteiger charge is -2.26. The predicted octanol–water partition coefficient (Wildman–Crippen LogP) is 1.89. The van der Waals surface area contributed by atoms with E-state index in [4.69, 9.17) is 5.11 Å². The van der Waals surface area contributed by atoms with Crippen LogP contribution in [0.25, 0.3) is 0 Å². The van der Waals surface area contributed by atoms with E-state index >= 15 is 0 Å². The fraction of sp³-hybridized carbons (Fsp3) is 0.455. The van der Waals surface area contributed by atoms with E-state index in [0.717, 1.165) is 0 Å². The Labute approximate surface area is 93.9 Å². The molecule has 0 aliphatic heterocycles. The van der Waals surface area contributed by atoms with Crippen molar-refractivity contribution in [1.82, 2.24) is 5.32 Å². The number of hydrogen-bond acceptors (Lipinski definition) is 3. The van der Waals surface area contributed by atoms with E-state index in [1.807, 2.05) is 6.92 Å². The van der Waals surface area contributed by atoms with Gasteiger partial charge >= 0.3 is 0 Å². The van der Waals surface area contributed by atoms with Gasteiger partial charge in [-0.25, -0.2) is 4.39 Å². The number of hydrogen-bond donors (Lipinski definition) is 2. The maximum Gasteiger partial charge on any atom is 0.136 e. The normalized spacial score (nSPS) is 14.9. The van der Waals surface area contributed by atoms with Crippen molar-refractivity contribution in [2.24, 2.45) is 0 Å².